The molecule has 0 radical (unpaired) electrons. The van der Waals surface area contributed by atoms with Gasteiger partial charge < -0.3 is 15.1 Å². The first-order valence-electron chi connectivity index (χ1n) is 10.1. The Kier molecular flexibility index (Phi) is 5.91. The van der Waals surface area contributed by atoms with Gasteiger partial charge in [-0.05, 0) is 53.4 Å². The molecule has 1 heterocycles. The molecule has 0 saturated carbocycles. The quantitative estimate of drug-likeness (QED) is 0.341. The molecule has 168 valence electrons. The molecule has 0 bridgehead atoms. The van der Waals surface area contributed by atoms with Crippen LogP contribution in [0, 0.1) is 17.5 Å². The summed E-state index contributed by atoms with van der Waals surface area (Å²) in [7, 11) is 0. The lowest BCUT2D eigenvalue weighted by Crippen LogP contribution is -2.24. The minimum absolute atomic E-state index is 0.170. The van der Waals surface area contributed by atoms with Gasteiger partial charge in [-0.3, -0.25) is 0 Å². The third-order valence-electron chi connectivity index (χ3n) is 5.15. The molecule has 1 aromatic heterocycles. The summed E-state index contributed by atoms with van der Waals surface area (Å²) < 4.78 is 46.1. The van der Waals surface area contributed by atoms with Crippen LogP contribution in [0.4, 0.5) is 29.3 Å². The minimum atomic E-state index is -0.976. The van der Waals surface area contributed by atoms with Gasteiger partial charge in [0.05, 0.1) is 5.69 Å². The summed E-state index contributed by atoms with van der Waals surface area (Å²) in [6.07, 6.45) is 0. The zero-order valence-electron chi connectivity index (χ0n) is 17.7. The lowest BCUT2D eigenvalue weighted by molar-refractivity contribution is 0.262. The van der Waals surface area contributed by atoms with Crippen LogP contribution in [0.2, 0.25) is 0 Å². The number of hydrogen-bond donors (Lipinski definition) is 2. The Morgan fingerprint density at radius 1 is 0.879 bits per heavy atom. The summed E-state index contributed by atoms with van der Waals surface area (Å²) in [4.78, 5) is 25.4. The predicted octanol–water partition coefficient (Wildman–Crippen LogP) is 6.64. The number of amides is 2. The molecule has 0 aliphatic rings. The highest BCUT2D eigenvalue weighted by molar-refractivity contribution is 6.07. The van der Waals surface area contributed by atoms with Crippen molar-refractivity contribution >= 4 is 28.4 Å². The van der Waals surface area contributed by atoms with Crippen LogP contribution in [0.3, 0.4) is 0 Å². The van der Waals surface area contributed by atoms with E-state index in [9.17, 15) is 22.8 Å². The fraction of sp³-hybridized carbons (Fsp3) is 0.120. The van der Waals surface area contributed by atoms with E-state index in [1.165, 1.54) is 24.3 Å². The monoisotopic (exact) mass is 452 g/mol. The van der Waals surface area contributed by atoms with Crippen LogP contribution in [0.5, 0.6) is 0 Å². The van der Waals surface area contributed by atoms with Crippen molar-refractivity contribution in [3.63, 3.8) is 0 Å². The molecule has 4 rings (SSSR count). The molecule has 0 unspecified atom stereocenters. The van der Waals surface area contributed by atoms with E-state index in [-0.39, 0.29) is 17.3 Å². The van der Waals surface area contributed by atoms with Gasteiger partial charge in [-0.1, -0.05) is 32.0 Å². The van der Waals surface area contributed by atoms with E-state index < -0.39 is 29.1 Å². The summed E-state index contributed by atoms with van der Waals surface area (Å²) in [5.74, 6) is -2.07. The largest absolute Gasteiger partial charge is 0.421 e. The Balaban J connectivity index is 1.84. The van der Waals surface area contributed by atoms with Gasteiger partial charge >= 0.3 is 11.7 Å². The molecule has 2 amide bonds. The summed E-state index contributed by atoms with van der Waals surface area (Å²) in [6.45, 7) is 4.00. The number of benzene rings is 3. The van der Waals surface area contributed by atoms with Crippen LogP contribution in [-0.2, 0) is 0 Å². The normalized spacial score (nSPS) is 11.1. The SMILES string of the molecule is CC(C)c1ccc2oc(=O)c(NC(=O)Nc3ccc(F)cc3F)c(-c3ccc(F)cc3)c2c1. The van der Waals surface area contributed by atoms with Gasteiger partial charge in [0.25, 0.3) is 0 Å². The van der Waals surface area contributed by atoms with E-state index >= 15 is 0 Å². The molecule has 0 fully saturated rings. The van der Waals surface area contributed by atoms with Gasteiger partial charge in [0.2, 0.25) is 0 Å². The van der Waals surface area contributed by atoms with Crippen molar-refractivity contribution in [1.82, 2.24) is 0 Å². The molecular formula is C25H19F3N2O3. The van der Waals surface area contributed by atoms with Gasteiger partial charge in [-0.15, -0.1) is 0 Å². The summed E-state index contributed by atoms with van der Waals surface area (Å²) in [5, 5.41) is 5.20. The van der Waals surface area contributed by atoms with E-state index in [1.54, 1.807) is 6.07 Å². The molecule has 0 atom stereocenters. The van der Waals surface area contributed by atoms with E-state index in [4.69, 9.17) is 4.42 Å². The third kappa shape index (κ3) is 4.59. The number of nitrogens with one attached hydrogen (secondary N) is 2. The molecule has 8 heteroatoms. The molecule has 0 aliphatic carbocycles. The molecule has 3 aromatic carbocycles. The molecule has 0 saturated heterocycles. The van der Waals surface area contributed by atoms with Crippen molar-refractivity contribution in [3.05, 3.63) is 94.1 Å². The van der Waals surface area contributed by atoms with Gasteiger partial charge in [0.1, 0.15) is 28.7 Å². The number of rotatable bonds is 4. The lowest BCUT2D eigenvalue weighted by Gasteiger charge is -2.15. The van der Waals surface area contributed by atoms with Crippen molar-refractivity contribution in [3.8, 4) is 11.1 Å². The molecule has 33 heavy (non-hydrogen) atoms. The Morgan fingerprint density at radius 2 is 1.58 bits per heavy atom. The summed E-state index contributed by atoms with van der Waals surface area (Å²) >= 11 is 0. The highest BCUT2D eigenvalue weighted by Gasteiger charge is 2.20. The fourth-order valence-electron chi connectivity index (χ4n) is 3.47. The van der Waals surface area contributed by atoms with E-state index in [2.05, 4.69) is 10.6 Å². The highest BCUT2D eigenvalue weighted by Crippen LogP contribution is 2.35. The maximum atomic E-state index is 13.9. The Morgan fingerprint density at radius 3 is 2.24 bits per heavy atom. The number of hydrogen-bond acceptors (Lipinski definition) is 3. The standard InChI is InChI=1S/C25H19F3N2O3/c1-13(2)15-5-10-21-18(11-15)22(14-3-6-16(26)7-4-14)23(24(31)33-21)30-25(32)29-20-9-8-17(27)12-19(20)28/h3-13H,1-2H3,(H2,29,30,32). The highest BCUT2D eigenvalue weighted by atomic mass is 19.1. The van der Waals surface area contributed by atoms with E-state index in [0.717, 1.165) is 17.7 Å². The van der Waals surface area contributed by atoms with Gasteiger partial charge in [-0.25, -0.2) is 22.8 Å². The van der Waals surface area contributed by atoms with Crippen molar-refractivity contribution in [2.24, 2.45) is 0 Å². The van der Waals surface area contributed by atoms with Crippen LogP contribution in [-0.4, -0.2) is 6.03 Å². The fourth-order valence-corrected chi connectivity index (χ4v) is 3.47. The second kappa shape index (κ2) is 8.82. The van der Waals surface area contributed by atoms with Gasteiger partial charge in [0, 0.05) is 17.0 Å². The number of urea groups is 1. The van der Waals surface area contributed by atoms with Crippen molar-refractivity contribution in [1.29, 1.82) is 0 Å². The minimum Gasteiger partial charge on any atom is -0.421 e. The molecule has 4 aromatic rings. The van der Waals surface area contributed by atoms with E-state index in [0.29, 0.717) is 28.2 Å². The zero-order chi connectivity index (χ0) is 23.7. The van der Waals surface area contributed by atoms with Crippen LogP contribution in [0.1, 0.15) is 25.3 Å². The molecule has 2 N–H and O–H groups in total. The van der Waals surface area contributed by atoms with Crippen molar-refractivity contribution in [2.75, 3.05) is 10.6 Å². The first kappa shape index (κ1) is 22.1. The average molecular weight is 452 g/mol. The number of fused-ring (bicyclic) bond motifs is 1. The smallest absolute Gasteiger partial charge is 0.360 e. The van der Waals surface area contributed by atoms with E-state index in [1.807, 2.05) is 26.0 Å². The molecule has 5 nitrogen and oxygen atoms in total. The number of carbonyl (C=O) groups excluding carboxylic acids is 1. The Hall–Kier alpha value is -4.07. The predicted molar refractivity (Wildman–Crippen MR) is 121 cm³/mol. The van der Waals surface area contributed by atoms with Crippen molar-refractivity contribution in [2.45, 2.75) is 19.8 Å². The first-order chi connectivity index (χ1) is 15.7. The van der Waals surface area contributed by atoms with Crippen LogP contribution < -0.4 is 16.3 Å². The third-order valence-corrected chi connectivity index (χ3v) is 5.15. The number of halogens is 3. The van der Waals surface area contributed by atoms with Crippen molar-refractivity contribution < 1.29 is 22.4 Å². The van der Waals surface area contributed by atoms with Crippen LogP contribution in [0.25, 0.3) is 22.1 Å². The van der Waals surface area contributed by atoms with Crippen LogP contribution in [0.15, 0.2) is 69.9 Å². The zero-order valence-corrected chi connectivity index (χ0v) is 17.7. The second-order valence-corrected chi connectivity index (χ2v) is 7.76. The number of anilines is 2. The maximum absolute atomic E-state index is 13.9. The second-order valence-electron chi connectivity index (χ2n) is 7.76. The number of carbonyl (C=O) groups is 1. The molecule has 0 spiro atoms. The average Bonchev–Trinajstić information content (AvgIpc) is 2.76. The van der Waals surface area contributed by atoms with Gasteiger partial charge in [0.15, 0.2) is 0 Å². The Labute approximate surface area is 186 Å². The van der Waals surface area contributed by atoms with Gasteiger partial charge in [-0.2, -0.15) is 0 Å². The van der Waals surface area contributed by atoms with Crippen LogP contribution >= 0.6 is 0 Å². The molecular weight excluding hydrogens is 433 g/mol. The first-order valence-corrected chi connectivity index (χ1v) is 10.1. The lowest BCUT2D eigenvalue weighted by atomic mass is 9.95. The Bertz CT molecular complexity index is 1410. The maximum Gasteiger partial charge on any atom is 0.360 e. The topological polar surface area (TPSA) is 71.3 Å². The summed E-state index contributed by atoms with van der Waals surface area (Å²) in [6, 6.07) is 12.5. The summed E-state index contributed by atoms with van der Waals surface area (Å²) in [5.41, 5.74) is 0.744. The molecule has 0 aliphatic heterocycles.